The molecule has 2 unspecified atom stereocenters. The van der Waals surface area contributed by atoms with Crippen molar-refractivity contribution in [3.8, 4) is 5.75 Å². The van der Waals surface area contributed by atoms with E-state index in [1.165, 1.54) is 29.2 Å². The Hall–Kier alpha value is -3.72. The summed E-state index contributed by atoms with van der Waals surface area (Å²) in [5, 5.41) is 0.620. The SMILES string of the molecule is Cc1ccnc(N2CCC(C(=O)N3CC(c4ccc(Cl)cc4)C(N(C)C(=O)Oc4ccc(F)cc4)C3)CC2)n1. The molecule has 10 heteroatoms. The molecule has 2 atom stereocenters. The van der Waals surface area contributed by atoms with Gasteiger partial charge in [-0.3, -0.25) is 4.79 Å². The van der Waals surface area contributed by atoms with Crippen molar-refractivity contribution in [2.24, 2.45) is 5.92 Å². The van der Waals surface area contributed by atoms with Crippen molar-refractivity contribution >= 4 is 29.5 Å². The van der Waals surface area contributed by atoms with Gasteiger partial charge in [-0.15, -0.1) is 0 Å². The van der Waals surface area contributed by atoms with E-state index < -0.39 is 11.9 Å². The Labute approximate surface area is 232 Å². The number of benzene rings is 2. The third-order valence-corrected chi connectivity index (χ3v) is 7.86. The number of amides is 2. The first-order valence-electron chi connectivity index (χ1n) is 13.1. The van der Waals surface area contributed by atoms with Crippen LogP contribution in [0.3, 0.4) is 0 Å². The molecular weight excluding hydrogens is 521 g/mol. The van der Waals surface area contributed by atoms with E-state index in [1.807, 2.05) is 42.2 Å². The molecule has 2 saturated heterocycles. The number of piperidine rings is 1. The van der Waals surface area contributed by atoms with Gasteiger partial charge < -0.3 is 19.4 Å². The molecule has 1 aromatic heterocycles. The number of anilines is 1. The van der Waals surface area contributed by atoms with E-state index in [-0.39, 0.29) is 29.5 Å². The summed E-state index contributed by atoms with van der Waals surface area (Å²) in [6.45, 7) is 4.24. The van der Waals surface area contributed by atoms with Crippen LogP contribution in [0, 0.1) is 18.7 Å². The van der Waals surface area contributed by atoms with E-state index in [4.69, 9.17) is 16.3 Å². The van der Waals surface area contributed by atoms with Crippen molar-refractivity contribution in [3.05, 3.63) is 82.9 Å². The molecule has 0 aliphatic carbocycles. The second-order valence-corrected chi connectivity index (χ2v) is 10.6. The molecule has 0 saturated carbocycles. The molecule has 2 fully saturated rings. The number of likely N-dealkylation sites (tertiary alicyclic amines) is 1. The van der Waals surface area contributed by atoms with Crippen LogP contribution in [0.1, 0.15) is 30.0 Å². The van der Waals surface area contributed by atoms with Gasteiger partial charge in [0, 0.05) is 62.0 Å². The molecule has 2 amide bonds. The zero-order valence-corrected chi connectivity index (χ0v) is 22.7. The molecule has 204 valence electrons. The summed E-state index contributed by atoms with van der Waals surface area (Å²) in [7, 11) is 1.67. The van der Waals surface area contributed by atoms with Crippen LogP contribution in [0.15, 0.2) is 60.8 Å². The molecule has 8 nitrogen and oxygen atoms in total. The van der Waals surface area contributed by atoms with Gasteiger partial charge in [0.05, 0.1) is 6.04 Å². The lowest BCUT2D eigenvalue weighted by atomic mass is 9.93. The van der Waals surface area contributed by atoms with E-state index in [0.29, 0.717) is 50.0 Å². The summed E-state index contributed by atoms with van der Waals surface area (Å²) in [5.74, 6) is 0.428. The summed E-state index contributed by atoms with van der Waals surface area (Å²) in [6, 6.07) is 14.4. The van der Waals surface area contributed by atoms with Crippen molar-refractivity contribution in [2.45, 2.75) is 31.7 Å². The first kappa shape index (κ1) is 26.9. The molecule has 0 bridgehead atoms. The van der Waals surface area contributed by atoms with E-state index in [1.54, 1.807) is 13.2 Å². The predicted octanol–water partition coefficient (Wildman–Crippen LogP) is 4.92. The molecule has 0 radical (unpaired) electrons. The Balaban J connectivity index is 1.28. The smallest absolute Gasteiger partial charge is 0.410 e. The van der Waals surface area contributed by atoms with Gasteiger partial charge in [-0.05, 0) is 67.8 Å². The number of aryl methyl sites for hydroxylation is 1. The fourth-order valence-corrected chi connectivity index (χ4v) is 5.51. The summed E-state index contributed by atoms with van der Waals surface area (Å²) in [4.78, 5) is 41.2. The largest absolute Gasteiger partial charge is 0.415 e. The van der Waals surface area contributed by atoms with Crippen molar-refractivity contribution < 1.29 is 18.7 Å². The van der Waals surface area contributed by atoms with Gasteiger partial charge in [-0.1, -0.05) is 23.7 Å². The molecular formula is C29H31ClFN5O3. The fraction of sp³-hybridized carbons (Fsp3) is 0.379. The highest BCUT2D eigenvalue weighted by Gasteiger charge is 2.42. The quantitative estimate of drug-likeness (QED) is 0.448. The first-order chi connectivity index (χ1) is 18.8. The van der Waals surface area contributed by atoms with Crippen LogP contribution < -0.4 is 9.64 Å². The minimum atomic E-state index is -0.564. The fourth-order valence-electron chi connectivity index (χ4n) is 5.38. The van der Waals surface area contributed by atoms with Gasteiger partial charge in [-0.25, -0.2) is 19.2 Å². The molecule has 39 heavy (non-hydrogen) atoms. The number of rotatable bonds is 5. The predicted molar refractivity (Wildman–Crippen MR) is 146 cm³/mol. The van der Waals surface area contributed by atoms with Crippen LogP contribution in [-0.4, -0.2) is 71.0 Å². The average molecular weight is 552 g/mol. The number of hydrogen-bond donors (Lipinski definition) is 0. The lowest BCUT2D eigenvalue weighted by Crippen LogP contribution is -2.45. The number of aromatic nitrogens is 2. The van der Waals surface area contributed by atoms with E-state index in [9.17, 15) is 14.0 Å². The Morgan fingerprint density at radius 3 is 2.38 bits per heavy atom. The molecule has 2 aliphatic heterocycles. The van der Waals surface area contributed by atoms with Crippen LogP contribution >= 0.6 is 11.6 Å². The van der Waals surface area contributed by atoms with E-state index in [2.05, 4.69) is 14.9 Å². The normalized spacial score (nSPS) is 19.7. The minimum absolute atomic E-state index is 0.0987. The molecule has 2 aromatic carbocycles. The number of ether oxygens (including phenoxy) is 1. The highest BCUT2D eigenvalue weighted by molar-refractivity contribution is 6.30. The van der Waals surface area contributed by atoms with Gasteiger partial charge in [0.2, 0.25) is 11.9 Å². The Morgan fingerprint density at radius 2 is 1.72 bits per heavy atom. The summed E-state index contributed by atoms with van der Waals surface area (Å²) in [6.07, 6.45) is 2.62. The summed E-state index contributed by atoms with van der Waals surface area (Å²) < 4.78 is 18.8. The lowest BCUT2D eigenvalue weighted by molar-refractivity contribution is -0.135. The van der Waals surface area contributed by atoms with E-state index >= 15 is 0 Å². The van der Waals surface area contributed by atoms with E-state index in [0.717, 1.165) is 11.3 Å². The molecule has 3 aromatic rings. The summed E-state index contributed by atoms with van der Waals surface area (Å²) in [5.41, 5.74) is 1.91. The number of halogens is 2. The van der Waals surface area contributed by atoms with Crippen molar-refractivity contribution in [1.29, 1.82) is 0 Å². The minimum Gasteiger partial charge on any atom is -0.410 e. The monoisotopic (exact) mass is 551 g/mol. The number of likely N-dealkylation sites (N-methyl/N-ethyl adjacent to an activating group) is 1. The standard InChI is InChI=1S/C29H31ClFN5O3/c1-19-11-14-32-28(33-19)35-15-12-21(13-16-35)27(37)36-17-25(20-3-5-22(30)6-4-20)26(18-36)34(2)29(38)39-24-9-7-23(31)8-10-24/h3-11,14,21,25-26H,12-13,15-18H2,1-2H3. The number of nitrogens with zero attached hydrogens (tertiary/aromatic N) is 5. The molecule has 0 N–H and O–H groups in total. The van der Waals surface area contributed by atoms with Crippen LogP contribution in [0.4, 0.5) is 15.1 Å². The second-order valence-electron chi connectivity index (χ2n) is 10.2. The maximum absolute atomic E-state index is 13.7. The first-order valence-corrected chi connectivity index (χ1v) is 13.5. The maximum atomic E-state index is 13.7. The maximum Gasteiger partial charge on any atom is 0.415 e. The van der Waals surface area contributed by atoms with Crippen molar-refractivity contribution in [2.75, 3.05) is 38.1 Å². The average Bonchev–Trinajstić information content (AvgIpc) is 3.39. The van der Waals surface area contributed by atoms with Crippen LogP contribution in [0.5, 0.6) is 5.75 Å². The highest BCUT2D eigenvalue weighted by Crippen LogP contribution is 2.34. The van der Waals surface area contributed by atoms with Gasteiger partial charge in [0.25, 0.3) is 0 Å². The van der Waals surface area contributed by atoms with Gasteiger partial charge >= 0.3 is 6.09 Å². The molecule has 3 heterocycles. The van der Waals surface area contributed by atoms with Crippen LogP contribution in [-0.2, 0) is 4.79 Å². The Morgan fingerprint density at radius 1 is 1.03 bits per heavy atom. The summed E-state index contributed by atoms with van der Waals surface area (Å²) >= 11 is 6.13. The highest BCUT2D eigenvalue weighted by atomic mass is 35.5. The van der Waals surface area contributed by atoms with Crippen molar-refractivity contribution in [3.63, 3.8) is 0 Å². The molecule has 5 rings (SSSR count). The third kappa shape index (κ3) is 6.14. The Bertz CT molecular complexity index is 1320. The zero-order chi connectivity index (χ0) is 27.5. The molecule has 0 spiro atoms. The van der Waals surface area contributed by atoms with Gasteiger partial charge in [-0.2, -0.15) is 0 Å². The van der Waals surface area contributed by atoms with Crippen molar-refractivity contribution in [1.82, 2.24) is 19.8 Å². The zero-order valence-electron chi connectivity index (χ0n) is 22.0. The topological polar surface area (TPSA) is 78.9 Å². The second kappa shape index (κ2) is 11.6. The Kier molecular flexibility index (Phi) is 7.97. The number of carbonyl (C=O) groups excluding carboxylic acids is 2. The van der Waals surface area contributed by atoms with Gasteiger partial charge in [0.15, 0.2) is 0 Å². The van der Waals surface area contributed by atoms with Crippen LogP contribution in [0.2, 0.25) is 5.02 Å². The number of carbonyl (C=O) groups is 2. The van der Waals surface area contributed by atoms with Gasteiger partial charge in [0.1, 0.15) is 11.6 Å². The lowest BCUT2D eigenvalue weighted by Gasteiger charge is -2.33. The number of hydrogen-bond acceptors (Lipinski definition) is 6. The third-order valence-electron chi connectivity index (χ3n) is 7.61. The van der Waals surface area contributed by atoms with Crippen LogP contribution in [0.25, 0.3) is 0 Å². The molecule has 2 aliphatic rings.